The van der Waals surface area contributed by atoms with E-state index in [0.29, 0.717) is 30.3 Å². The fourth-order valence-corrected chi connectivity index (χ4v) is 1.11. The lowest BCUT2D eigenvalue weighted by molar-refractivity contribution is 0.278. The van der Waals surface area contributed by atoms with E-state index in [1.807, 2.05) is 0 Å². The fraction of sp³-hybridized carbons (Fsp3) is 0.333. The monoisotopic (exact) mass is 206 g/mol. The molecule has 0 aliphatic heterocycles. The van der Waals surface area contributed by atoms with Crippen LogP contribution in [0.1, 0.15) is 12.3 Å². The molecule has 2 rings (SSSR count). The second kappa shape index (κ2) is 4.61. The van der Waals surface area contributed by atoms with Gasteiger partial charge in [-0.2, -0.15) is 4.98 Å². The zero-order valence-electron chi connectivity index (χ0n) is 8.00. The summed E-state index contributed by atoms with van der Waals surface area (Å²) in [6.07, 6.45) is 4.24. The molecule has 78 valence electrons. The van der Waals surface area contributed by atoms with Crippen LogP contribution in [0, 0.1) is 0 Å². The zero-order valence-corrected chi connectivity index (χ0v) is 8.00. The molecule has 2 aromatic heterocycles. The first-order chi connectivity index (χ1) is 7.40. The van der Waals surface area contributed by atoms with Gasteiger partial charge in [0.25, 0.3) is 0 Å². The molecule has 0 saturated heterocycles. The van der Waals surface area contributed by atoms with Crippen LogP contribution in [0.2, 0.25) is 0 Å². The van der Waals surface area contributed by atoms with Gasteiger partial charge in [0.2, 0.25) is 11.7 Å². The summed E-state index contributed by atoms with van der Waals surface area (Å²) in [6, 6.07) is 1.71. The van der Waals surface area contributed by atoms with Crippen molar-refractivity contribution < 1.29 is 9.63 Å². The summed E-state index contributed by atoms with van der Waals surface area (Å²) in [5.74, 6) is 0.961. The van der Waals surface area contributed by atoms with Gasteiger partial charge in [0, 0.05) is 19.2 Å². The summed E-state index contributed by atoms with van der Waals surface area (Å²) in [6.45, 7) is 0.116. The Bertz CT molecular complexity index is 415. The Morgan fingerprint density at radius 3 is 3.07 bits per heavy atom. The Morgan fingerprint density at radius 2 is 2.33 bits per heavy atom. The Hall–Kier alpha value is -1.82. The average Bonchev–Trinajstić information content (AvgIpc) is 2.76. The number of aromatic nitrogens is 4. The largest absolute Gasteiger partial charge is 0.396 e. The summed E-state index contributed by atoms with van der Waals surface area (Å²) < 4.78 is 4.99. The van der Waals surface area contributed by atoms with E-state index >= 15 is 0 Å². The average molecular weight is 206 g/mol. The van der Waals surface area contributed by atoms with Gasteiger partial charge in [-0.3, -0.25) is 0 Å². The maximum Gasteiger partial charge on any atom is 0.227 e. The van der Waals surface area contributed by atoms with Gasteiger partial charge in [-0.25, -0.2) is 9.97 Å². The topological polar surface area (TPSA) is 84.9 Å². The highest BCUT2D eigenvalue weighted by Gasteiger charge is 2.08. The summed E-state index contributed by atoms with van der Waals surface area (Å²) in [5.41, 5.74) is 0.629. The molecule has 0 amide bonds. The molecule has 6 nitrogen and oxygen atoms in total. The van der Waals surface area contributed by atoms with Crippen molar-refractivity contribution in [1.82, 2.24) is 20.1 Å². The predicted molar refractivity (Wildman–Crippen MR) is 50.7 cm³/mol. The molecule has 0 atom stereocenters. The van der Waals surface area contributed by atoms with Gasteiger partial charge in [-0.05, 0) is 12.5 Å². The van der Waals surface area contributed by atoms with Crippen LogP contribution in [0.4, 0.5) is 0 Å². The molecular formula is C9H10N4O2. The van der Waals surface area contributed by atoms with Gasteiger partial charge in [0.15, 0.2) is 0 Å². The van der Waals surface area contributed by atoms with E-state index in [-0.39, 0.29) is 6.61 Å². The Kier molecular flexibility index (Phi) is 2.99. The number of hydrogen-bond donors (Lipinski definition) is 1. The van der Waals surface area contributed by atoms with Crippen LogP contribution in [0.5, 0.6) is 0 Å². The van der Waals surface area contributed by atoms with E-state index in [9.17, 15) is 0 Å². The molecule has 0 fully saturated rings. The molecule has 1 N–H and O–H groups in total. The molecule has 0 aliphatic carbocycles. The molecule has 2 aromatic rings. The summed E-state index contributed by atoms with van der Waals surface area (Å²) in [7, 11) is 0. The number of hydrogen-bond acceptors (Lipinski definition) is 6. The molecule has 0 radical (unpaired) electrons. The van der Waals surface area contributed by atoms with Gasteiger partial charge in [-0.1, -0.05) is 5.16 Å². The SMILES string of the molecule is OCCCc1nc(-c2ccncn2)no1. The van der Waals surface area contributed by atoms with Gasteiger partial charge in [0.1, 0.15) is 12.0 Å². The van der Waals surface area contributed by atoms with Crippen LogP contribution in [-0.4, -0.2) is 31.8 Å². The standard InChI is InChI=1S/C9H10N4O2/c14-5-1-2-8-12-9(13-15-8)7-3-4-10-6-11-7/h3-4,6,14H,1-2,5H2. The third-order valence-corrected chi connectivity index (χ3v) is 1.83. The van der Waals surface area contributed by atoms with Crippen molar-refractivity contribution in [3.8, 4) is 11.5 Å². The maximum absolute atomic E-state index is 8.64. The molecule has 0 aromatic carbocycles. The van der Waals surface area contributed by atoms with Crippen molar-refractivity contribution in [2.75, 3.05) is 6.61 Å². The molecular weight excluding hydrogens is 196 g/mol. The fourth-order valence-electron chi connectivity index (χ4n) is 1.11. The molecule has 15 heavy (non-hydrogen) atoms. The number of aliphatic hydroxyl groups is 1. The molecule has 0 aliphatic rings. The van der Waals surface area contributed by atoms with Crippen LogP contribution in [-0.2, 0) is 6.42 Å². The van der Waals surface area contributed by atoms with Crippen LogP contribution >= 0.6 is 0 Å². The second-order valence-electron chi connectivity index (χ2n) is 2.93. The maximum atomic E-state index is 8.64. The molecule has 0 saturated carbocycles. The third kappa shape index (κ3) is 2.35. The minimum absolute atomic E-state index is 0.116. The Labute approximate surface area is 86.0 Å². The first-order valence-corrected chi connectivity index (χ1v) is 4.60. The molecule has 0 bridgehead atoms. The van der Waals surface area contributed by atoms with Crippen LogP contribution in [0.3, 0.4) is 0 Å². The van der Waals surface area contributed by atoms with E-state index in [1.54, 1.807) is 12.3 Å². The Balaban J connectivity index is 2.14. The van der Waals surface area contributed by atoms with Crippen molar-refractivity contribution in [1.29, 1.82) is 0 Å². The molecule has 0 spiro atoms. The number of aliphatic hydroxyl groups excluding tert-OH is 1. The summed E-state index contributed by atoms with van der Waals surface area (Å²) >= 11 is 0. The lowest BCUT2D eigenvalue weighted by atomic mass is 10.3. The van der Waals surface area contributed by atoms with Crippen molar-refractivity contribution in [2.24, 2.45) is 0 Å². The smallest absolute Gasteiger partial charge is 0.227 e. The van der Waals surface area contributed by atoms with Gasteiger partial charge >= 0.3 is 0 Å². The van der Waals surface area contributed by atoms with Gasteiger partial charge in [-0.15, -0.1) is 0 Å². The first kappa shape index (κ1) is 9.72. The lowest BCUT2D eigenvalue weighted by Crippen LogP contribution is -1.90. The zero-order chi connectivity index (χ0) is 10.5. The summed E-state index contributed by atoms with van der Waals surface area (Å²) in [5, 5.41) is 12.4. The van der Waals surface area contributed by atoms with Crippen molar-refractivity contribution in [2.45, 2.75) is 12.8 Å². The van der Waals surface area contributed by atoms with Crippen LogP contribution < -0.4 is 0 Å². The van der Waals surface area contributed by atoms with Crippen LogP contribution in [0.15, 0.2) is 23.1 Å². The summed E-state index contributed by atoms with van der Waals surface area (Å²) in [4.78, 5) is 11.9. The third-order valence-electron chi connectivity index (χ3n) is 1.83. The van der Waals surface area contributed by atoms with E-state index < -0.39 is 0 Å². The number of aryl methyl sites for hydroxylation is 1. The minimum Gasteiger partial charge on any atom is -0.396 e. The highest BCUT2D eigenvalue weighted by atomic mass is 16.5. The van der Waals surface area contributed by atoms with Crippen molar-refractivity contribution in [3.05, 3.63) is 24.5 Å². The molecule has 0 unspecified atom stereocenters. The van der Waals surface area contributed by atoms with Crippen molar-refractivity contribution >= 4 is 0 Å². The lowest BCUT2D eigenvalue weighted by Gasteiger charge is -1.89. The normalized spacial score (nSPS) is 10.5. The van der Waals surface area contributed by atoms with Gasteiger partial charge in [0.05, 0.1) is 0 Å². The first-order valence-electron chi connectivity index (χ1n) is 4.60. The number of rotatable bonds is 4. The highest BCUT2D eigenvalue weighted by Crippen LogP contribution is 2.11. The van der Waals surface area contributed by atoms with Crippen molar-refractivity contribution in [3.63, 3.8) is 0 Å². The minimum atomic E-state index is 0.116. The van der Waals surface area contributed by atoms with E-state index in [0.717, 1.165) is 0 Å². The van der Waals surface area contributed by atoms with E-state index in [1.165, 1.54) is 6.33 Å². The highest BCUT2D eigenvalue weighted by molar-refractivity contribution is 5.46. The number of nitrogens with zero attached hydrogens (tertiary/aromatic N) is 4. The molecule has 6 heteroatoms. The Morgan fingerprint density at radius 1 is 1.40 bits per heavy atom. The van der Waals surface area contributed by atoms with E-state index in [2.05, 4.69) is 20.1 Å². The van der Waals surface area contributed by atoms with Crippen LogP contribution in [0.25, 0.3) is 11.5 Å². The second-order valence-corrected chi connectivity index (χ2v) is 2.93. The predicted octanol–water partition coefficient (Wildman–Crippen LogP) is 0.451. The van der Waals surface area contributed by atoms with E-state index in [4.69, 9.17) is 9.63 Å². The molecule has 2 heterocycles. The quantitative estimate of drug-likeness (QED) is 0.781. The van der Waals surface area contributed by atoms with Gasteiger partial charge < -0.3 is 9.63 Å².